The summed E-state index contributed by atoms with van der Waals surface area (Å²) in [5, 5.41) is 0. The Hall–Kier alpha value is -2.20. The molecule has 1 heterocycles. The van der Waals surface area contributed by atoms with Gasteiger partial charge in [-0.2, -0.15) is 0 Å². The summed E-state index contributed by atoms with van der Waals surface area (Å²) in [6.45, 7) is 6.11. The molecule has 28 heavy (non-hydrogen) atoms. The Labute approximate surface area is 163 Å². The lowest BCUT2D eigenvalue weighted by molar-refractivity contribution is -0.268. The molecule has 10 nitrogen and oxygen atoms in total. The van der Waals surface area contributed by atoms with Gasteiger partial charge < -0.3 is 29.4 Å². The Bertz CT molecular complexity index is 547. The fourth-order valence-corrected chi connectivity index (χ4v) is 2.42. The maximum absolute atomic E-state index is 11.9. The zero-order valence-corrected chi connectivity index (χ0v) is 16.7. The van der Waals surface area contributed by atoms with Crippen molar-refractivity contribution in [3.63, 3.8) is 0 Å². The molecule has 5 atom stereocenters. The molecule has 1 fully saturated rings. The van der Waals surface area contributed by atoms with Gasteiger partial charge in [0.15, 0.2) is 12.2 Å². The standard InChI is InChI=1S/C18H29NO9/c1-5-11(20)24-9-10-16(26-12(21)6-2)17(27-13(22)7-3)15(19)18(25-10)28-14(23)8-4/h10,15-18H,5-9,19H2,1-4H3/t10-,15-,16-,17-,18?/m1/s1. The van der Waals surface area contributed by atoms with Crippen LogP contribution in [0, 0.1) is 0 Å². The Morgan fingerprint density at radius 2 is 1.21 bits per heavy atom. The van der Waals surface area contributed by atoms with Crippen molar-refractivity contribution in [3.05, 3.63) is 0 Å². The Morgan fingerprint density at radius 1 is 0.750 bits per heavy atom. The number of esters is 4. The highest BCUT2D eigenvalue weighted by Crippen LogP contribution is 2.27. The minimum Gasteiger partial charge on any atom is -0.463 e. The summed E-state index contributed by atoms with van der Waals surface area (Å²) in [7, 11) is 0. The van der Waals surface area contributed by atoms with Crippen LogP contribution in [-0.4, -0.2) is 61.1 Å². The molecule has 2 N–H and O–H groups in total. The zero-order valence-electron chi connectivity index (χ0n) is 16.7. The quantitative estimate of drug-likeness (QED) is 0.429. The molecule has 160 valence electrons. The SMILES string of the molecule is CCC(=O)OC[C@H]1OC(OC(=O)CC)[C@H](N)[C@@H](OC(=O)CC)[C@@H]1OC(=O)CC. The highest BCUT2D eigenvalue weighted by molar-refractivity contribution is 5.71. The van der Waals surface area contributed by atoms with E-state index in [1.807, 2.05) is 0 Å². The van der Waals surface area contributed by atoms with E-state index in [4.69, 9.17) is 29.4 Å². The molecular weight excluding hydrogens is 374 g/mol. The lowest BCUT2D eigenvalue weighted by atomic mass is 9.97. The fraction of sp³-hybridized carbons (Fsp3) is 0.778. The summed E-state index contributed by atoms with van der Waals surface area (Å²) >= 11 is 0. The summed E-state index contributed by atoms with van der Waals surface area (Å²) in [6, 6.07) is -1.10. The molecule has 1 rings (SSSR count). The normalized spacial score (nSPS) is 26.8. The molecule has 0 amide bonds. The zero-order chi connectivity index (χ0) is 21.3. The first-order valence-corrected chi connectivity index (χ1v) is 9.42. The number of carbonyl (C=O) groups is 4. The first-order valence-electron chi connectivity index (χ1n) is 9.42. The largest absolute Gasteiger partial charge is 0.463 e. The Morgan fingerprint density at radius 3 is 1.71 bits per heavy atom. The van der Waals surface area contributed by atoms with Gasteiger partial charge in [0.2, 0.25) is 6.29 Å². The van der Waals surface area contributed by atoms with Gasteiger partial charge in [-0.3, -0.25) is 19.2 Å². The van der Waals surface area contributed by atoms with Crippen molar-refractivity contribution in [2.24, 2.45) is 5.73 Å². The van der Waals surface area contributed by atoms with Crippen LogP contribution >= 0.6 is 0 Å². The van der Waals surface area contributed by atoms with Crippen LogP contribution in [0.4, 0.5) is 0 Å². The van der Waals surface area contributed by atoms with Gasteiger partial charge in [0.25, 0.3) is 0 Å². The molecular formula is C18H29NO9. The predicted octanol–water partition coefficient (Wildman–Crippen LogP) is 0.589. The van der Waals surface area contributed by atoms with E-state index < -0.39 is 54.5 Å². The van der Waals surface area contributed by atoms with E-state index in [9.17, 15) is 19.2 Å². The minimum atomic E-state index is -1.26. The monoisotopic (exact) mass is 403 g/mol. The maximum Gasteiger partial charge on any atom is 0.307 e. The van der Waals surface area contributed by atoms with Gasteiger partial charge in [-0.05, 0) is 0 Å². The van der Waals surface area contributed by atoms with Gasteiger partial charge in [-0.15, -0.1) is 0 Å². The lowest BCUT2D eigenvalue weighted by Gasteiger charge is -2.43. The van der Waals surface area contributed by atoms with Crippen LogP contribution in [0.15, 0.2) is 0 Å². The molecule has 0 bridgehead atoms. The molecule has 0 aromatic carbocycles. The minimum absolute atomic E-state index is 0.0629. The molecule has 0 saturated carbocycles. The second-order valence-electron chi connectivity index (χ2n) is 6.12. The molecule has 1 aliphatic heterocycles. The van der Waals surface area contributed by atoms with Crippen molar-refractivity contribution in [3.8, 4) is 0 Å². The highest BCUT2D eigenvalue weighted by Gasteiger charge is 2.50. The second-order valence-corrected chi connectivity index (χ2v) is 6.12. The van der Waals surface area contributed by atoms with Gasteiger partial charge in [0.05, 0.1) is 0 Å². The molecule has 10 heteroatoms. The van der Waals surface area contributed by atoms with Gasteiger partial charge in [-0.25, -0.2) is 0 Å². The Balaban J connectivity index is 3.14. The van der Waals surface area contributed by atoms with E-state index >= 15 is 0 Å². The van der Waals surface area contributed by atoms with Gasteiger partial charge in [0, 0.05) is 25.7 Å². The van der Waals surface area contributed by atoms with Crippen LogP contribution in [0.5, 0.6) is 0 Å². The number of rotatable bonds is 9. The molecule has 0 aromatic heterocycles. The van der Waals surface area contributed by atoms with Gasteiger partial charge in [0.1, 0.15) is 18.8 Å². The first kappa shape index (κ1) is 23.8. The highest BCUT2D eigenvalue weighted by atomic mass is 16.7. The molecule has 0 radical (unpaired) electrons. The molecule has 1 saturated heterocycles. The molecule has 1 aliphatic rings. The lowest BCUT2D eigenvalue weighted by Crippen LogP contribution is -2.65. The second kappa shape index (κ2) is 11.6. The van der Waals surface area contributed by atoms with E-state index in [1.54, 1.807) is 27.7 Å². The smallest absolute Gasteiger partial charge is 0.307 e. The number of carbonyl (C=O) groups excluding carboxylic acids is 4. The van der Waals surface area contributed by atoms with Crippen molar-refractivity contribution in [2.75, 3.05) is 6.61 Å². The average Bonchev–Trinajstić information content (AvgIpc) is 2.70. The van der Waals surface area contributed by atoms with Gasteiger partial charge in [-0.1, -0.05) is 27.7 Å². The summed E-state index contributed by atoms with van der Waals surface area (Å²) in [5.74, 6) is -2.23. The van der Waals surface area contributed by atoms with E-state index in [1.165, 1.54) is 0 Å². The number of hydrogen-bond acceptors (Lipinski definition) is 10. The number of nitrogens with two attached hydrogens (primary N) is 1. The maximum atomic E-state index is 11.9. The summed E-state index contributed by atoms with van der Waals surface area (Å²) in [5.41, 5.74) is 6.10. The van der Waals surface area contributed by atoms with Gasteiger partial charge >= 0.3 is 23.9 Å². The van der Waals surface area contributed by atoms with Crippen molar-refractivity contribution < 1.29 is 42.9 Å². The summed E-state index contributed by atoms with van der Waals surface area (Å²) in [4.78, 5) is 47.0. The summed E-state index contributed by atoms with van der Waals surface area (Å²) < 4.78 is 26.7. The third kappa shape index (κ3) is 6.75. The van der Waals surface area contributed by atoms with Crippen molar-refractivity contribution >= 4 is 23.9 Å². The predicted molar refractivity (Wildman–Crippen MR) is 94.6 cm³/mol. The first-order chi connectivity index (χ1) is 13.3. The van der Waals surface area contributed by atoms with Crippen LogP contribution in [0.3, 0.4) is 0 Å². The van der Waals surface area contributed by atoms with E-state index in [2.05, 4.69) is 0 Å². The number of ether oxygens (including phenoxy) is 5. The summed E-state index contributed by atoms with van der Waals surface area (Å²) in [6.07, 6.45) is -4.22. The number of hydrogen-bond donors (Lipinski definition) is 1. The molecule has 0 aromatic rings. The third-order valence-corrected chi connectivity index (χ3v) is 4.04. The van der Waals surface area contributed by atoms with Crippen LogP contribution in [0.2, 0.25) is 0 Å². The van der Waals surface area contributed by atoms with E-state index in [0.29, 0.717) is 0 Å². The van der Waals surface area contributed by atoms with Crippen LogP contribution in [0.25, 0.3) is 0 Å². The molecule has 0 aliphatic carbocycles. The Kier molecular flexibility index (Phi) is 9.88. The molecule has 1 unspecified atom stereocenters. The van der Waals surface area contributed by atoms with E-state index in [0.717, 1.165) is 0 Å². The topological polar surface area (TPSA) is 140 Å². The van der Waals surface area contributed by atoms with Crippen molar-refractivity contribution in [1.29, 1.82) is 0 Å². The molecule has 0 spiro atoms. The third-order valence-electron chi connectivity index (χ3n) is 4.04. The average molecular weight is 403 g/mol. The van der Waals surface area contributed by atoms with Crippen LogP contribution in [-0.2, 0) is 42.9 Å². The van der Waals surface area contributed by atoms with Crippen molar-refractivity contribution in [1.82, 2.24) is 0 Å². The fourth-order valence-electron chi connectivity index (χ4n) is 2.42. The van der Waals surface area contributed by atoms with Crippen molar-refractivity contribution in [2.45, 2.75) is 84.0 Å². The van der Waals surface area contributed by atoms with Crippen LogP contribution in [0.1, 0.15) is 53.4 Å². The van der Waals surface area contributed by atoms with E-state index in [-0.39, 0.29) is 32.3 Å². The van der Waals surface area contributed by atoms with Crippen LogP contribution < -0.4 is 5.73 Å².